The van der Waals surface area contributed by atoms with E-state index in [4.69, 9.17) is 5.73 Å². The fraction of sp³-hybridized carbons (Fsp3) is 0.444. The van der Waals surface area contributed by atoms with Crippen LogP contribution in [0.1, 0.15) is 65.2 Å². The highest BCUT2D eigenvalue weighted by atomic mass is 16.2. The second kappa shape index (κ2) is 6.95. The van der Waals surface area contributed by atoms with Crippen LogP contribution in [0.3, 0.4) is 0 Å². The molecule has 2 aromatic heterocycles. The number of aromatic nitrogens is 3. The molecule has 0 fully saturated rings. The highest BCUT2D eigenvalue weighted by Crippen LogP contribution is 2.24. The summed E-state index contributed by atoms with van der Waals surface area (Å²) in [7, 11) is 0. The van der Waals surface area contributed by atoms with Crippen LogP contribution < -0.4 is 11.1 Å². The van der Waals surface area contributed by atoms with Crippen molar-refractivity contribution in [2.24, 2.45) is 0 Å². The first-order valence-electron chi connectivity index (χ1n) is 8.47. The van der Waals surface area contributed by atoms with Crippen molar-refractivity contribution in [1.82, 2.24) is 20.3 Å². The molecule has 1 atom stereocenters. The monoisotopic (exact) mass is 325 g/mol. The summed E-state index contributed by atoms with van der Waals surface area (Å²) < 4.78 is 0. The van der Waals surface area contributed by atoms with E-state index in [2.05, 4.69) is 20.3 Å². The average molecular weight is 325 g/mol. The van der Waals surface area contributed by atoms with Crippen LogP contribution in [0.2, 0.25) is 0 Å². The van der Waals surface area contributed by atoms with Gasteiger partial charge in [-0.1, -0.05) is 6.92 Å². The number of carbonyl (C=O) groups excluding carboxylic acids is 1. The van der Waals surface area contributed by atoms with Gasteiger partial charge in [-0.3, -0.25) is 9.78 Å². The van der Waals surface area contributed by atoms with Crippen LogP contribution in [0.4, 0.5) is 5.95 Å². The number of amides is 1. The zero-order valence-corrected chi connectivity index (χ0v) is 14.2. The molecular weight excluding hydrogens is 302 g/mol. The van der Waals surface area contributed by atoms with Gasteiger partial charge >= 0.3 is 0 Å². The zero-order valence-electron chi connectivity index (χ0n) is 14.2. The molecule has 0 saturated heterocycles. The third-order valence-electron chi connectivity index (χ3n) is 4.42. The Morgan fingerprint density at radius 1 is 1.33 bits per heavy atom. The lowest BCUT2D eigenvalue weighted by molar-refractivity contribution is 0.0928. The Labute approximate surface area is 141 Å². The van der Waals surface area contributed by atoms with Crippen molar-refractivity contribution < 1.29 is 4.79 Å². The van der Waals surface area contributed by atoms with Gasteiger partial charge in [0.1, 0.15) is 5.69 Å². The van der Waals surface area contributed by atoms with Gasteiger partial charge in [-0.2, -0.15) is 0 Å². The van der Waals surface area contributed by atoms with E-state index in [-0.39, 0.29) is 17.9 Å². The zero-order chi connectivity index (χ0) is 17.1. The normalized spacial score (nSPS) is 14.8. The summed E-state index contributed by atoms with van der Waals surface area (Å²) in [4.78, 5) is 25.7. The minimum atomic E-state index is -0.197. The van der Waals surface area contributed by atoms with Crippen molar-refractivity contribution in [2.75, 3.05) is 5.73 Å². The van der Waals surface area contributed by atoms with Crippen LogP contribution in [-0.2, 0) is 12.8 Å². The Morgan fingerprint density at radius 3 is 2.88 bits per heavy atom. The van der Waals surface area contributed by atoms with E-state index in [1.807, 2.05) is 26.0 Å². The number of nitrogens with zero attached hydrogens (tertiary/aromatic N) is 3. The number of nitrogens with two attached hydrogens (primary N) is 1. The molecule has 0 spiro atoms. The van der Waals surface area contributed by atoms with Gasteiger partial charge in [0.05, 0.1) is 11.7 Å². The van der Waals surface area contributed by atoms with Gasteiger partial charge in [0.2, 0.25) is 5.95 Å². The number of anilines is 1. The van der Waals surface area contributed by atoms with Gasteiger partial charge in [0.15, 0.2) is 0 Å². The molecule has 6 heteroatoms. The maximum atomic E-state index is 12.8. The Balaban J connectivity index is 1.88. The van der Waals surface area contributed by atoms with Gasteiger partial charge in [0, 0.05) is 17.5 Å². The number of pyridine rings is 1. The molecule has 0 bridgehead atoms. The summed E-state index contributed by atoms with van der Waals surface area (Å²) in [5, 5.41) is 3.06. The molecule has 126 valence electrons. The largest absolute Gasteiger partial charge is 0.368 e. The van der Waals surface area contributed by atoms with E-state index in [1.54, 1.807) is 6.20 Å². The first kappa shape index (κ1) is 16.4. The Kier molecular flexibility index (Phi) is 4.74. The number of nitrogen functional groups attached to an aromatic ring is 1. The van der Waals surface area contributed by atoms with E-state index >= 15 is 0 Å². The Morgan fingerprint density at radius 2 is 2.12 bits per heavy atom. The van der Waals surface area contributed by atoms with E-state index in [0.717, 1.165) is 54.6 Å². The molecular formula is C18H23N5O. The lowest BCUT2D eigenvalue weighted by atomic mass is 9.94. The molecule has 1 aliphatic rings. The molecule has 3 N–H and O–H groups in total. The minimum Gasteiger partial charge on any atom is -0.368 e. The van der Waals surface area contributed by atoms with Crippen LogP contribution in [0.5, 0.6) is 0 Å². The molecule has 0 aliphatic heterocycles. The highest BCUT2D eigenvalue weighted by Gasteiger charge is 2.24. The maximum Gasteiger partial charge on any atom is 0.270 e. The number of aryl methyl sites for hydroxylation is 2. The second-order valence-electron chi connectivity index (χ2n) is 6.26. The molecule has 1 aliphatic carbocycles. The van der Waals surface area contributed by atoms with Crippen LogP contribution >= 0.6 is 0 Å². The second-order valence-corrected chi connectivity index (χ2v) is 6.26. The standard InChI is InChI=1S/C18H23N5O/c1-3-13(15-10-11(2)8-9-20-15)21-17(24)16-12-6-4-5-7-14(12)22-18(19)23-16/h8-10,13H,3-7H2,1-2H3,(H,21,24)(H2,19,22,23)/t13-/m0/s1. The van der Waals surface area contributed by atoms with Crippen LogP contribution in [-0.4, -0.2) is 20.9 Å². The Hall–Kier alpha value is -2.50. The molecule has 0 saturated carbocycles. The van der Waals surface area contributed by atoms with Crippen LogP contribution in [0.15, 0.2) is 18.3 Å². The van der Waals surface area contributed by atoms with Crippen molar-refractivity contribution in [3.05, 3.63) is 46.5 Å². The van der Waals surface area contributed by atoms with Crippen molar-refractivity contribution in [2.45, 2.75) is 52.0 Å². The van der Waals surface area contributed by atoms with Crippen molar-refractivity contribution in [3.8, 4) is 0 Å². The highest BCUT2D eigenvalue weighted by molar-refractivity contribution is 5.94. The van der Waals surface area contributed by atoms with E-state index in [9.17, 15) is 4.79 Å². The molecule has 0 unspecified atom stereocenters. The molecule has 6 nitrogen and oxygen atoms in total. The van der Waals surface area contributed by atoms with E-state index < -0.39 is 0 Å². The van der Waals surface area contributed by atoms with Gasteiger partial charge in [-0.15, -0.1) is 0 Å². The number of fused-ring (bicyclic) bond motifs is 1. The van der Waals surface area contributed by atoms with Gasteiger partial charge in [-0.25, -0.2) is 9.97 Å². The van der Waals surface area contributed by atoms with Crippen LogP contribution in [0.25, 0.3) is 0 Å². The summed E-state index contributed by atoms with van der Waals surface area (Å²) in [5.74, 6) is -0.0278. The molecule has 2 aromatic rings. The number of hydrogen-bond donors (Lipinski definition) is 2. The number of rotatable bonds is 4. The summed E-state index contributed by atoms with van der Waals surface area (Å²) in [6.45, 7) is 4.04. The molecule has 3 rings (SSSR count). The van der Waals surface area contributed by atoms with Gasteiger partial charge in [0.25, 0.3) is 5.91 Å². The fourth-order valence-corrected chi connectivity index (χ4v) is 3.16. The summed E-state index contributed by atoms with van der Waals surface area (Å²) in [6, 6.07) is 3.80. The minimum absolute atomic E-state index is 0.146. The number of hydrogen-bond acceptors (Lipinski definition) is 5. The lowest BCUT2D eigenvalue weighted by Crippen LogP contribution is -2.31. The molecule has 2 heterocycles. The molecule has 24 heavy (non-hydrogen) atoms. The molecule has 1 amide bonds. The third kappa shape index (κ3) is 3.37. The molecule has 0 radical (unpaired) electrons. The third-order valence-corrected chi connectivity index (χ3v) is 4.42. The first-order chi connectivity index (χ1) is 11.6. The fourth-order valence-electron chi connectivity index (χ4n) is 3.16. The van der Waals surface area contributed by atoms with E-state index in [0.29, 0.717) is 5.69 Å². The summed E-state index contributed by atoms with van der Waals surface area (Å²) in [6.07, 6.45) is 6.35. The molecule has 0 aromatic carbocycles. The van der Waals surface area contributed by atoms with Gasteiger partial charge < -0.3 is 11.1 Å². The van der Waals surface area contributed by atoms with Crippen molar-refractivity contribution in [3.63, 3.8) is 0 Å². The van der Waals surface area contributed by atoms with Gasteiger partial charge in [-0.05, 0) is 56.7 Å². The first-order valence-corrected chi connectivity index (χ1v) is 8.47. The predicted octanol–water partition coefficient (Wildman–Crippen LogP) is 2.52. The topological polar surface area (TPSA) is 93.8 Å². The van der Waals surface area contributed by atoms with Crippen molar-refractivity contribution >= 4 is 11.9 Å². The lowest BCUT2D eigenvalue weighted by Gasteiger charge is -2.20. The number of nitrogens with one attached hydrogen (secondary N) is 1. The predicted molar refractivity (Wildman–Crippen MR) is 92.6 cm³/mol. The van der Waals surface area contributed by atoms with Crippen LogP contribution in [0, 0.1) is 6.92 Å². The average Bonchev–Trinajstić information content (AvgIpc) is 2.58. The van der Waals surface area contributed by atoms with E-state index in [1.165, 1.54) is 0 Å². The number of carbonyl (C=O) groups is 1. The summed E-state index contributed by atoms with van der Waals surface area (Å²) >= 11 is 0. The quantitative estimate of drug-likeness (QED) is 0.901. The SMILES string of the molecule is CC[C@H](NC(=O)c1nc(N)nc2c1CCCC2)c1cc(C)ccn1. The maximum absolute atomic E-state index is 12.8. The Bertz CT molecular complexity index is 759. The smallest absolute Gasteiger partial charge is 0.270 e. The van der Waals surface area contributed by atoms with Crippen molar-refractivity contribution in [1.29, 1.82) is 0 Å². The summed E-state index contributed by atoms with van der Waals surface area (Å²) in [5.41, 5.74) is 10.1.